The first kappa shape index (κ1) is 15.8. The van der Waals surface area contributed by atoms with Gasteiger partial charge in [0, 0.05) is 19.8 Å². The molecule has 0 bridgehead atoms. The Kier molecular flexibility index (Phi) is 6.51. The molecule has 2 aromatic carbocycles. The maximum atomic E-state index is 5.96. The van der Waals surface area contributed by atoms with Crippen LogP contribution in [0.2, 0.25) is 0 Å². The molecule has 2 rings (SSSR count). The Morgan fingerprint density at radius 1 is 1.10 bits per heavy atom. The summed E-state index contributed by atoms with van der Waals surface area (Å²) in [4.78, 5) is 0. The monoisotopic (exact) mass is 287 g/mol. The highest BCUT2D eigenvalue weighted by atomic mass is 16.5. The van der Waals surface area contributed by atoms with Crippen LogP contribution in [0.25, 0.3) is 10.8 Å². The van der Waals surface area contributed by atoms with Gasteiger partial charge < -0.3 is 14.8 Å². The molecule has 0 saturated heterocycles. The third-order valence-electron chi connectivity index (χ3n) is 3.34. The Labute approximate surface area is 127 Å². The first-order valence-corrected chi connectivity index (χ1v) is 7.73. The molecule has 1 N–H and O–H groups in total. The van der Waals surface area contributed by atoms with Gasteiger partial charge in [0.25, 0.3) is 0 Å². The zero-order valence-electron chi connectivity index (χ0n) is 13.0. The van der Waals surface area contributed by atoms with E-state index in [0.717, 1.165) is 38.5 Å². The lowest BCUT2D eigenvalue weighted by atomic mass is 10.1. The van der Waals surface area contributed by atoms with Gasteiger partial charge in [-0.25, -0.2) is 0 Å². The van der Waals surface area contributed by atoms with Gasteiger partial charge in [-0.3, -0.25) is 0 Å². The summed E-state index contributed by atoms with van der Waals surface area (Å²) in [5, 5.41) is 5.85. The van der Waals surface area contributed by atoms with E-state index in [0.29, 0.717) is 0 Å². The van der Waals surface area contributed by atoms with Crippen LogP contribution in [0.3, 0.4) is 0 Å². The number of nitrogens with one attached hydrogen (secondary N) is 1. The highest BCUT2D eigenvalue weighted by Crippen LogP contribution is 2.21. The van der Waals surface area contributed by atoms with Crippen LogP contribution < -0.4 is 10.1 Å². The molecule has 1 unspecified atom stereocenters. The third-order valence-corrected chi connectivity index (χ3v) is 3.34. The molecule has 2 aromatic rings. The van der Waals surface area contributed by atoms with Crippen LogP contribution in [0.15, 0.2) is 42.5 Å². The average Bonchev–Trinajstić information content (AvgIpc) is 2.50. The summed E-state index contributed by atoms with van der Waals surface area (Å²) in [6.07, 6.45) is 1.19. The molecule has 0 aromatic heterocycles. The van der Waals surface area contributed by atoms with E-state index in [1.807, 2.05) is 13.0 Å². The van der Waals surface area contributed by atoms with Gasteiger partial charge in [-0.1, -0.05) is 30.3 Å². The zero-order chi connectivity index (χ0) is 14.9. The van der Waals surface area contributed by atoms with Crippen molar-refractivity contribution in [2.45, 2.75) is 26.4 Å². The van der Waals surface area contributed by atoms with Gasteiger partial charge in [-0.15, -0.1) is 0 Å². The summed E-state index contributed by atoms with van der Waals surface area (Å²) in [5.41, 5.74) is 0. The molecule has 3 heteroatoms. The molecular weight excluding hydrogens is 262 g/mol. The van der Waals surface area contributed by atoms with Crippen LogP contribution >= 0.6 is 0 Å². The van der Waals surface area contributed by atoms with E-state index in [1.165, 1.54) is 10.8 Å². The number of hydrogen-bond acceptors (Lipinski definition) is 3. The summed E-state index contributed by atoms with van der Waals surface area (Å²) in [7, 11) is 0. The quantitative estimate of drug-likeness (QED) is 0.715. The average molecular weight is 287 g/mol. The maximum absolute atomic E-state index is 5.96. The largest absolute Gasteiger partial charge is 0.489 e. The fraction of sp³-hybridized carbons (Fsp3) is 0.444. The molecule has 0 amide bonds. The molecule has 0 saturated carbocycles. The minimum atomic E-state index is 0.151. The molecule has 0 aliphatic carbocycles. The lowest BCUT2D eigenvalue weighted by Gasteiger charge is -2.16. The number of fused-ring (bicyclic) bond motifs is 1. The molecule has 0 spiro atoms. The number of hydrogen-bond donors (Lipinski definition) is 1. The van der Waals surface area contributed by atoms with Crippen LogP contribution in [0.5, 0.6) is 5.75 Å². The molecule has 0 aliphatic heterocycles. The van der Waals surface area contributed by atoms with E-state index < -0.39 is 0 Å². The lowest BCUT2D eigenvalue weighted by Crippen LogP contribution is -2.30. The fourth-order valence-electron chi connectivity index (χ4n) is 2.26. The van der Waals surface area contributed by atoms with Crippen molar-refractivity contribution in [3.63, 3.8) is 0 Å². The van der Waals surface area contributed by atoms with E-state index in [-0.39, 0.29) is 6.10 Å². The Morgan fingerprint density at radius 2 is 1.90 bits per heavy atom. The SMILES string of the molecule is CCOCCCNCC(C)Oc1ccc2ccccc2c1. The molecule has 0 heterocycles. The molecule has 0 aliphatic rings. The highest BCUT2D eigenvalue weighted by molar-refractivity contribution is 5.83. The Balaban J connectivity index is 1.74. The first-order valence-electron chi connectivity index (χ1n) is 7.73. The van der Waals surface area contributed by atoms with Crippen molar-refractivity contribution in [3.05, 3.63) is 42.5 Å². The minimum absolute atomic E-state index is 0.151. The van der Waals surface area contributed by atoms with Gasteiger partial charge in [0.05, 0.1) is 0 Å². The second kappa shape index (κ2) is 8.65. The minimum Gasteiger partial charge on any atom is -0.489 e. The Morgan fingerprint density at radius 3 is 2.71 bits per heavy atom. The van der Waals surface area contributed by atoms with Gasteiger partial charge in [-0.2, -0.15) is 0 Å². The number of rotatable bonds is 9. The van der Waals surface area contributed by atoms with Crippen molar-refractivity contribution in [2.24, 2.45) is 0 Å². The first-order chi connectivity index (χ1) is 10.3. The fourth-order valence-corrected chi connectivity index (χ4v) is 2.26. The summed E-state index contributed by atoms with van der Waals surface area (Å²) >= 11 is 0. The zero-order valence-corrected chi connectivity index (χ0v) is 13.0. The summed E-state index contributed by atoms with van der Waals surface area (Å²) in [6, 6.07) is 14.6. The van der Waals surface area contributed by atoms with Crippen molar-refractivity contribution in [2.75, 3.05) is 26.3 Å². The molecule has 0 radical (unpaired) electrons. The molecule has 114 valence electrons. The molecule has 1 atom stereocenters. The predicted molar refractivity (Wildman–Crippen MR) is 88.0 cm³/mol. The number of ether oxygens (including phenoxy) is 2. The lowest BCUT2D eigenvalue weighted by molar-refractivity contribution is 0.143. The highest BCUT2D eigenvalue weighted by Gasteiger charge is 2.04. The van der Waals surface area contributed by atoms with Crippen LogP contribution in [0.4, 0.5) is 0 Å². The van der Waals surface area contributed by atoms with E-state index in [4.69, 9.17) is 9.47 Å². The molecular formula is C18H25NO2. The smallest absolute Gasteiger partial charge is 0.120 e. The Hall–Kier alpha value is -1.58. The van der Waals surface area contributed by atoms with E-state index >= 15 is 0 Å². The van der Waals surface area contributed by atoms with E-state index in [2.05, 4.69) is 48.6 Å². The summed E-state index contributed by atoms with van der Waals surface area (Å²) < 4.78 is 11.3. The summed E-state index contributed by atoms with van der Waals surface area (Å²) in [6.45, 7) is 7.53. The predicted octanol–water partition coefficient (Wildman–Crippen LogP) is 3.62. The van der Waals surface area contributed by atoms with Gasteiger partial charge >= 0.3 is 0 Å². The van der Waals surface area contributed by atoms with E-state index in [1.54, 1.807) is 0 Å². The van der Waals surface area contributed by atoms with Crippen molar-refractivity contribution >= 4 is 10.8 Å². The standard InChI is InChI=1S/C18H25NO2/c1-3-20-12-6-11-19-14-15(2)21-18-10-9-16-7-4-5-8-17(16)13-18/h4-5,7-10,13,15,19H,3,6,11-12,14H2,1-2H3. The van der Waals surface area contributed by atoms with Crippen LogP contribution in [-0.4, -0.2) is 32.4 Å². The molecule has 0 fully saturated rings. The van der Waals surface area contributed by atoms with Crippen LogP contribution in [-0.2, 0) is 4.74 Å². The second-order valence-electron chi connectivity index (χ2n) is 5.19. The topological polar surface area (TPSA) is 30.5 Å². The van der Waals surface area contributed by atoms with Crippen LogP contribution in [0.1, 0.15) is 20.3 Å². The van der Waals surface area contributed by atoms with Crippen molar-refractivity contribution < 1.29 is 9.47 Å². The van der Waals surface area contributed by atoms with Gasteiger partial charge in [-0.05, 0) is 49.7 Å². The molecule has 21 heavy (non-hydrogen) atoms. The van der Waals surface area contributed by atoms with Crippen molar-refractivity contribution in [1.29, 1.82) is 0 Å². The molecule has 3 nitrogen and oxygen atoms in total. The van der Waals surface area contributed by atoms with E-state index in [9.17, 15) is 0 Å². The Bertz CT molecular complexity index is 541. The normalized spacial score (nSPS) is 12.5. The third kappa shape index (κ3) is 5.37. The van der Waals surface area contributed by atoms with Crippen LogP contribution in [0, 0.1) is 0 Å². The number of benzene rings is 2. The van der Waals surface area contributed by atoms with Crippen molar-refractivity contribution in [3.8, 4) is 5.75 Å². The van der Waals surface area contributed by atoms with Gasteiger partial charge in [0.15, 0.2) is 0 Å². The maximum Gasteiger partial charge on any atom is 0.120 e. The van der Waals surface area contributed by atoms with Gasteiger partial charge in [0.2, 0.25) is 0 Å². The van der Waals surface area contributed by atoms with Crippen molar-refractivity contribution in [1.82, 2.24) is 5.32 Å². The second-order valence-corrected chi connectivity index (χ2v) is 5.19. The van der Waals surface area contributed by atoms with Gasteiger partial charge in [0.1, 0.15) is 11.9 Å². The summed E-state index contributed by atoms with van der Waals surface area (Å²) in [5.74, 6) is 0.928.